The average Bonchev–Trinajstić information content (AvgIpc) is 3.20. The summed E-state index contributed by atoms with van der Waals surface area (Å²) in [7, 11) is 1.84. The van der Waals surface area contributed by atoms with Gasteiger partial charge >= 0.3 is 0 Å². The number of aromatic nitrogens is 7. The predicted molar refractivity (Wildman–Crippen MR) is 81.5 cm³/mol. The van der Waals surface area contributed by atoms with E-state index in [-0.39, 0.29) is 6.04 Å². The fourth-order valence-corrected chi connectivity index (χ4v) is 3.09. The van der Waals surface area contributed by atoms with Gasteiger partial charge in [-0.2, -0.15) is 0 Å². The zero-order chi connectivity index (χ0) is 15.3. The molecule has 3 aromatic rings. The number of H-pyrrole nitrogens is 1. The van der Waals surface area contributed by atoms with E-state index < -0.39 is 0 Å². The van der Waals surface area contributed by atoms with Crippen LogP contribution >= 0.6 is 0 Å². The van der Waals surface area contributed by atoms with Gasteiger partial charge in [-0.25, -0.2) is 19.6 Å². The lowest BCUT2D eigenvalue weighted by molar-refractivity contribution is 0.669. The summed E-state index contributed by atoms with van der Waals surface area (Å²) in [6.45, 7) is 5.02. The van der Waals surface area contributed by atoms with E-state index in [4.69, 9.17) is 0 Å². The number of aryl methyl sites for hydroxylation is 3. The normalized spacial score (nSPS) is 18.5. The van der Waals surface area contributed by atoms with Gasteiger partial charge in [0.05, 0.1) is 11.7 Å². The van der Waals surface area contributed by atoms with Gasteiger partial charge in [-0.15, -0.1) is 5.10 Å². The van der Waals surface area contributed by atoms with Crippen molar-refractivity contribution in [1.29, 1.82) is 0 Å². The SMILES string of the molecule is Cc1nc(C2CCCN2c2ncnc3c2nnn3C)[nH]c1C. The topological polar surface area (TPSA) is 88.4 Å². The molecule has 4 rings (SSSR count). The molecule has 0 bridgehead atoms. The summed E-state index contributed by atoms with van der Waals surface area (Å²) in [6.07, 6.45) is 3.74. The standard InChI is InChI=1S/C14H18N8/c1-8-9(2)18-12(17-8)10-5-4-6-22(10)14-11-13(15-7-16-14)21(3)20-19-11/h7,10H,4-6H2,1-3H3,(H,17,18). The Hall–Kier alpha value is -2.51. The molecular formula is C14H18N8. The van der Waals surface area contributed by atoms with Gasteiger partial charge in [0, 0.05) is 19.3 Å². The molecule has 0 aliphatic carbocycles. The number of nitrogens with one attached hydrogen (secondary N) is 1. The van der Waals surface area contributed by atoms with E-state index in [0.717, 1.165) is 53.6 Å². The third-order valence-corrected chi connectivity index (χ3v) is 4.36. The Morgan fingerprint density at radius 1 is 1.27 bits per heavy atom. The van der Waals surface area contributed by atoms with Crippen LogP contribution in [0.4, 0.5) is 5.82 Å². The quantitative estimate of drug-likeness (QED) is 0.770. The first-order chi connectivity index (χ1) is 10.6. The maximum absolute atomic E-state index is 4.67. The second-order valence-corrected chi connectivity index (χ2v) is 5.77. The number of hydrogen-bond acceptors (Lipinski definition) is 6. The minimum absolute atomic E-state index is 0.201. The highest BCUT2D eigenvalue weighted by Crippen LogP contribution is 2.36. The third kappa shape index (κ3) is 1.87. The van der Waals surface area contributed by atoms with Crippen LogP contribution in [0.15, 0.2) is 6.33 Å². The largest absolute Gasteiger partial charge is 0.344 e. The van der Waals surface area contributed by atoms with Crippen molar-refractivity contribution in [3.8, 4) is 0 Å². The Morgan fingerprint density at radius 3 is 2.91 bits per heavy atom. The van der Waals surface area contributed by atoms with Crippen LogP contribution in [0.1, 0.15) is 36.1 Å². The zero-order valence-electron chi connectivity index (χ0n) is 12.9. The van der Waals surface area contributed by atoms with Crippen molar-refractivity contribution in [1.82, 2.24) is 34.9 Å². The fourth-order valence-electron chi connectivity index (χ4n) is 3.09. The summed E-state index contributed by atoms with van der Waals surface area (Å²) in [5, 5.41) is 8.29. The van der Waals surface area contributed by atoms with Crippen molar-refractivity contribution in [3.63, 3.8) is 0 Å². The number of fused-ring (bicyclic) bond motifs is 1. The van der Waals surface area contributed by atoms with E-state index in [2.05, 4.69) is 42.1 Å². The minimum Gasteiger partial charge on any atom is -0.344 e. The predicted octanol–water partition coefficient (Wildman–Crippen LogP) is 1.44. The van der Waals surface area contributed by atoms with Gasteiger partial charge in [-0.1, -0.05) is 5.21 Å². The lowest BCUT2D eigenvalue weighted by Crippen LogP contribution is -2.25. The summed E-state index contributed by atoms with van der Waals surface area (Å²) in [5.41, 5.74) is 3.67. The van der Waals surface area contributed by atoms with Crippen LogP contribution in [0.5, 0.6) is 0 Å². The molecule has 0 saturated carbocycles. The first kappa shape index (κ1) is 13.2. The molecule has 0 spiro atoms. The summed E-state index contributed by atoms with van der Waals surface area (Å²) >= 11 is 0. The van der Waals surface area contributed by atoms with Crippen molar-refractivity contribution in [2.24, 2.45) is 7.05 Å². The van der Waals surface area contributed by atoms with Crippen molar-refractivity contribution < 1.29 is 0 Å². The molecule has 8 nitrogen and oxygen atoms in total. The summed E-state index contributed by atoms with van der Waals surface area (Å²) in [6, 6.07) is 0.201. The number of imidazole rings is 1. The molecule has 22 heavy (non-hydrogen) atoms. The first-order valence-corrected chi connectivity index (χ1v) is 7.45. The average molecular weight is 298 g/mol. The Bertz CT molecular complexity index is 813. The van der Waals surface area contributed by atoms with Crippen molar-refractivity contribution in [2.45, 2.75) is 32.7 Å². The molecule has 4 heterocycles. The molecule has 1 aliphatic rings. The Morgan fingerprint density at radius 2 is 2.14 bits per heavy atom. The van der Waals surface area contributed by atoms with Crippen LogP contribution in [0, 0.1) is 13.8 Å². The van der Waals surface area contributed by atoms with E-state index in [1.165, 1.54) is 0 Å². The molecule has 0 aromatic carbocycles. The lowest BCUT2D eigenvalue weighted by Gasteiger charge is -2.24. The monoisotopic (exact) mass is 298 g/mol. The van der Waals surface area contributed by atoms with Crippen LogP contribution in [0.2, 0.25) is 0 Å². The van der Waals surface area contributed by atoms with Gasteiger partial charge in [0.15, 0.2) is 17.0 Å². The first-order valence-electron chi connectivity index (χ1n) is 7.45. The summed E-state index contributed by atoms with van der Waals surface area (Å²) < 4.78 is 1.67. The van der Waals surface area contributed by atoms with Gasteiger partial charge in [-0.3, -0.25) is 0 Å². The molecule has 0 radical (unpaired) electrons. The second-order valence-electron chi connectivity index (χ2n) is 5.77. The van der Waals surface area contributed by atoms with Gasteiger partial charge in [-0.05, 0) is 26.7 Å². The Balaban J connectivity index is 1.79. The summed E-state index contributed by atoms with van der Waals surface area (Å²) in [5.74, 6) is 1.84. The van der Waals surface area contributed by atoms with E-state index >= 15 is 0 Å². The molecule has 1 atom stereocenters. The molecule has 1 unspecified atom stereocenters. The van der Waals surface area contributed by atoms with Gasteiger partial charge in [0.1, 0.15) is 12.2 Å². The van der Waals surface area contributed by atoms with Crippen LogP contribution in [-0.4, -0.2) is 41.5 Å². The van der Waals surface area contributed by atoms with Gasteiger partial charge < -0.3 is 9.88 Å². The van der Waals surface area contributed by atoms with Crippen LogP contribution < -0.4 is 4.90 Å². The number of rotatable bonds is 2. The zero-order valence-corrected chi connectivity index (χ0v) is 12.9. The Kier molecular flexibility index (Phi) is 2.85. The molecule has 114 valence electrons. The molecule has 1 saturated heterocycles. The summed E-state index contributed by atoms with van der Waals surface area (Å²) in [4.78, 5) is 19.1. The maximum Gasteiger partial charge on any atom is 0.183 e. The smallest absolute Gasteiger partial charge is 0.183 e. The Labute approximate surface area is 127 Å². The molecule has 8 heteroatoms. The number of hydrogen-bond donors (Lipinski definition) is 1. The van der Waals surface area contributed by atoms with Crippen molar-refractivity contribution >= 4 is 17.0 Å². The third-order valence-electron chi connectivity index (χ3n) is 4.36. The molecule has 1 fully saturated rings. The number of nitrogens with zero attached hydrogens (tertiary/aromatic N) is 7. The van der Waals surface area contributed by atoms with E-state index in [1.54, 1.807) is 11.0 Å². The van der Waals surface area contributed by atoms with Crippen LogP contribution in [-0.2, 0) is 7.05 Å². The van der Waals surface area contributed by atoms with Gasteiger partial charge in [0.2, 0.25) is 0 Å². The van der Waals surface area contributed by atoms with Crippen molar-refractivity contribution in [2.75, 3.05) is 11.4 Å². The number of aromatic amines is 1. The highest BCUT2D eigenvalue weighted by molar-refractivity contribution is 5.82. The molecule has 3 aromatic heterocycles. The lowest BCUT2D eigenvalue weighted by atomic mass is 10.2. The number of anilines is 1. The molecule has 0 amide bonds. The van der Waals surface area contributed by atoms with Crippen LogP contribution in [0.25, 0.3) is 11.2 Å². The van der Waals surface area contributed by atoms with E-state index in [9.17, 15) is 0 Å². The van der Waals surface area contributed by atoms with Crippen LogP contribution in [0.3, 0.4) is 0 Å². The highest BCUT2D eigenvalue weighted by Gasteiger charge is 2.31. The molecule has 1 aliphatic heterocycles. The highest BCUT2D eigenvalue weighted by atomic mass is 15.4. The van der Waals surface area contributed by atoms with E-state index in [1.807, 2.05) is 14.0 Å². The molecular weight excluding hydrogens is 280 g/mol. The van der Waals surface area contributed by atoms with Crippen molar-refractivity contribution in [3.05, 3.63) is 23.5 Å². The maximum atomic E-state index is 4.67. The van der Waals surface area contributed by atoms with Gasteiger partial charge in [0.25, 0.3) is 0 Å². The molecule has 1 N–H and O–H groups in total. The minimum atomic E-state index is 0.201. The fraction of sp³-hybridized carbons (Fsp3) is 0.500. The second kappa shape index (κ2) is 4.75. The van der Waals surface area contributed by atoms with E-state index in [0.29, 0.717) is 0 Å².